The van der Waals surface area contributed by atoms with E-state index in [0.29, 0.717) is 11.7 Å². The molecule has 0 N–H and O–H groups in total. The molecule has 4 rings (SSSR count). The van der Waals surface area contributed by atoms with E-state index in [1.807, 2.05) is 0 Å². The minimum atomic E-state index is -2.25. The molecule has 0 unspecified atom stereocenters. The zero-order valence-electron chi connectivity index (χ0n) is 23.4. The van der Waals surface area contributed by atoms with Gasteiger partial charge in [-0.25, -0.2) is 0 Å². The molecular weight excluding hydrogens is 461 g/mol. The van der Waals surface area contributed by atoms with E-state index in [-0.39, 0.29) is 33.1 Å². The van der Waals surface area contributed by atoms with Crippen molar-refractivity contribution in [1.29, 1.82) is 0 Å². The summed E-state index contributed by atoms with van der Waals surface area (Å²) in [4.78, 5) is 14.9. The molecule has 0 spiro atoms. The molecule has 0 aliphatic heterocycles. The molecule has 0 aromatic rings. The average molecular weight is 509 g/mol. The smallest absolute Gasteiger partial charge is 0.200 e. The largest absolute Gasteiger partial charge is 0.403 e. The molecule has 0 aromatic carbocycles. The highest BCUT2D eigenvalue weighted by Crippen LogP contribution is 2.64. The van der Waals surface area contributed by atoms with E-state index in [2.05, 4.69) is 112 Å². The number of carbonyl (C=O) groups is 1. The topological polar surface area (TPSA) is 35.5 Å². The average Bonchev–Trinajstić information content (AvgIpc) is 2.94. The van der Waals surface area contributed by atoms with E-state index in [1.54, 1.807) is 11.8 Å². The zero-order chi connectivity index (χ0) is 25.5. The Labute approximate surface area is 209 Å². The van der Waals surface area contributed by atoms with Crippen LogP contribution in [0.5, 0.6) is 0 Å². The van der Waals surface area contributed by atoms with Crippen molar-refractivity contribution < 1.29 is 13.6 Å². The van der Waals surface area contributed by atoms with Crippen LogP contribution in [0.25, 0.3) is 0 Å². The predicted molar refractivity (Wildman–Crippen MR) is 148 cm³/mol. The highest BCUT2D eigenvalue weighted by Gasteiger charge is 2.72. The molecule has 0 radical (unpaired) electrons. The summed E-state index contributed by atoms with van der Waals surface area (Å²) in [7, 11) is -4.48. The van der Waals surface area contributed by atoms with Crippen LogP contribution in [-0.2, 0) is 13.6 Å². The second-order valence-electron chi connectivity index (χ2n) is 14.3. The van der Waals surface area contributed by atoms with Crippen LogP contribution in [0.1, 0.15) is 55.4 Å². The molecule has 4 aliphatic rings. The van der Waals surface area contributed by atoms with E-state index in [1.165, 1.54) is 0 Å². The van der Waals surface area contributed by atoms with Crippen molar-refractivity contribution in [2.45, 2.75) is 103 Å². The van der Waals surface area contributed by atoms with E-state index in [0.717, 1.165) is 0 Å². The lowest BCUT2D eigenvalue weighted by Crippen LogP contribution is -2.75. The Morgan fingerprint density at radius 1 is 0.879 bits per heavy atom. The number of carbonyl (C=O) groups excluding carboxylic acids is 1. The first-order valence-corrected chi connectivity index (χ1v) is 19.7. The number of hydrogen-bond acceptors (Lipinski definition) is 4. The van der Waals surface area contributed by atoms with Crippen LogP contribution >= 0.6 is 11.8 Å². The van der Waals surface area contributed by atoms with Crippen molar-refractivity contribution in [3.8, 4) is 0 Å². The van der Waals surface area contributed by atoms with Gasteiger partial charge in [-0.1, -0.05) is 73.6 Å². The van der Waals surface area contributed by atoms with Crippen LogP contribution in [0.2, 0.25) is 36.3 Å². The fraction of sp³-hybridized carbons (Fsp3) is 0.815. The van der Waals surface area contributed by atoms with E-state index in [4.69, 9.17) is 8.85 Å². The maximum atomic E-state index is 14.9. The summed E-state index contributed by atoms with van der Waals surface area (Å²) in [5, 5.41) is 0.0370. The van der Waals surface area contributed by atoms with Gasteiger partial charge in [-0.2, -0.15) is 11.8 Å². The van der Waals surface area contributed by atoms with Crippen molar-refractivity contribution >= 4 is 34.2 Å². The summed E-state index contributed by atoms with van der Waals surface area (Å²) in [6, 6.07) is 0. The maximum absolute atomic E-state index is 14.9. The molecule has 0 heterocycles. The maximum Gasteiger partial charge on any atom is 0.200 e. The number of allylic oxidation sites excluding steroid dienone is 1. The third kappa shape index (κ3) is 4.04. The van der Waals surface area contributed by atoms with Crippen molar-refractivity contribution in [1.82, 2.24) is 0 Å². The van der Waals surface area contributed by atoms with Crippen LogP contribution in [0.15, 0.2) is 24.3 Å². The molecule has 5 atom stereocenters. The summed E-state index contributed by atoms with van der Waals surface area (Å²) in [5.74, 6) is 1.28. The molecule has 33 heavy (non-hydrogen) atoms. The van der Waals surface area contributed by atoms with E-state index >= 15 is 0 Å². The van der Waals surface area contributed by atoms with Crippen molar-refractivity contribution in [3.05, 3.63) is 24.3 Å². The van der Waals surface area contributed by atoms with Gasteiger partial charge in [0, 0.05) is 17.6 Å². The van der Waals surface area contributed by atoms with E-state index < -0.39 is 27.8 Å². The lowest BCUT2D eigenvalue weighted by atomic mass is 9.50. The zero-order valence-corrected chi connectivity index (χ0v) is 26.2. The summed E-state index contributed by atoms with van der Waals surface area (Å²) >= 11 is 1.74. The summed E-state index contributed by atoms with van der Waals surface area (Å²) in [5.41, 5.74) is -1.79. The van der Waals surface area contributed by atoms with Gasteiger partial charge in [0.05, 0.1) is 0 Å². The number of fused-ring (bicyclic) bond motifs is 1. The van der Waals surface area contributed by atoms with Gasteiger partial charge >= 0.3 is 0 Å². The highest BCUT2D eigenvalue weighted by molar-refractivity contribution is 7.98. The lowest BCUT2D eigenvalue weighted by Gasteiger charge is -2.63. The van der Waals surface area contributed by atoms with Gasteiger partial charge in [-0.3, -0.25) is 4.79 Å². The van der Waals surface area contributed by atoms with Crippen molar-refractivity contribution in [2.75, 3.05) is 12.0 Å². The first-order valence-electron chi connectivity index (χ1n) is 12.5. The molecule has 1 fully saturated rings. The van der Waals surface area contributed by atoms with Crippen LogP contribution < -0.4 is 0 Å². The highest BCUT2D eigenvalue weighted by atomic mass is 32.2. The molecular formula is C27H48O3SSi2. The van der Waals surface area contributed by atoms with Crippen molar-refractivity contribution in [2.24, 2.45) is 23.2 Å². The Bertz CT molecular complexity index is 862. The predicted octanol–water partition coefficient (Wildman–Crippen LogP) is 7.47. The van der Waals surface area contributed by atoms with Gasteiger partial charge in [-0.05, 0) is 59.9 Å². The van der Waals surface area contributed by atoms with Gasteiger partial charge in [0.25, 0.3) is 0 Å². The summed E-state index contributed by atoms with van der Waals surface area (Å²) in [6.45, 7) is 27.3. The standard InChI is InChI=1S/C27H48O3SSi2/c1-23(2,3)32(10,11)29-26-17-15-20(21-19(26)14-16-25(21,7)8)27(18-31-9,22(26)28)30-33(12,13)24(4,5)6/h14-17,19-21H,18H2,1-13H3/t19-,20+,21+,26+,27-/m0/s1. The number of rotatable bonds is 6. The number of Topliss-reactive ketones (excluding diaryl/α,β-unsaturated/α-hetero) is 1. The first kappa shape index (κ1) is 27.4. The lowest BCUT2D eigenvalue weighted by molar-refractivity contribution is -0.176. The fourth-order valence-electron chi connectivity index (χ4n) is 5.63. The Morgan fingerprint density at radius 2 is 1.36 bits per heavy atom. The molecule has 1 saturated carbocycles. The Hall–Kier alpha value is -0.146. The van der Waals surface area contributed by atoms with Crippen LogP contribution in [0.4, 0.5) is 0 Å². The van der Waals surface area contributed by atoms with Crippen LogP contribution in [0, 0.1) is 23.2 Å². The molecule has 188 valence electrons. The van der Waals surface area contributed by atoms with Gasteiger partial charge in [-0.15, -0.1) is 0 Å². The fourth-order valence-corrected chi connectivity index (χ4v) is 9.51. The molecule has 4 aliphatic carbocycles. The second-order valence-corrected chi connectivity index (χ2v) is 24.6. The molecule has 0 amide bonds. The normalized spacial score (nSPS) is 35.9. The third-order valence-corrected chi connectivity index (χ3v) is 19.2. The van der Waals surface area contributed by atoms with E-state index in [9.17, 15) is 4.79 Å². The summed E-state index contributed by atoms with van der Waals surface area (Å²) in [6.07, 6.45) is 11.2. The monoisotopic (exact) mass is 508 g/mol. The van der Waals surface area contributed by atoms with Crippen LogP contribution in [0.3, 0.4) is 0 Å². The van der Waals surface area contributed by atoms with Crippen molar-refractivity contribution in [3.63, 3.8) is 0 Å². The first-order chi connectivity index (χ1) is 14.7. The molecule has 6 heteroatoms. The molecule has 3 nitrogen and oxygen atoms in total. The second kappa shape index (κ2) is 7.93. The van der Waals surface area contributed by atoms with Gasteiger partial charge in [0.15, 0.2) is 22.4 Å². The van der Waals surface area contributed by atoms with Gasteiger partial charge < -0.3 is 8.85 Å². The Balaban J connectivity index is 2.25. The SMILES string of the molecule is CSC[C@@]1(O[Si](C)(C)C(C)(C)C)C(=O)[C@@]2(O[Si](C)(C)C(C)(C)C)C=C[C@@H]1[C@H]1[C@@H]2C=CC1(C)C. The number of hydrogen-bond donors (Lipinski definition) is 0. The number of ketones is 1. The minimum absolute atomic E-state index is 0.0106. The number of thioether (sulfide) groups is 1. The Morgan fingerprint density at radius 3 is 1.85 bits per heavy atom. The minimum Gasteiger partial charge on any atom is -0.403 e. The molecule has 0 saturated heterocycles. The van der Waals surface area contributed by atoms with Gasteiger partial charge in [0.2, 0.25) is 0 Å². The molecule has 2 bridgehead atoms. The Kier molecular flexibility index (Phi) is 6.59. The van der Waals surface area contributed by atoms with Crippen LogP contribution in [-0.4, -0.2) is 45.6 Å². The third-order valence-electron chi connectivity index (χ3n) is 9.52. The van der Waals surface area contributed by atoms with Gasteiger partial charge in [0.1, 0.15) is 11.2 Å². The molecule has 0 aromatic heterocycles. The summed E-state index contributed by atoms with van der Waals surface area (Å²) < 4.78 is 14.5. The quantitative estimate of drug-likeness (QED) is 0.275.